The van der Waals surface area contributed by atoms with Crippen LogP contribution in [-0.4, -0.2) is 57.3 Å². The SMILES string of the molecule is CN(CC(=O)Nc1ccc(N2CCOCC2)cc1)Cc1ccc(OC(F)F)cc1. The first-order valence-electron chi connectivity index (χ1n) is 9.44. The number of carbonyl (C=O) groups is 1. The molecule has 0 aliphatic carbocycles. The van der Waals surface area contributed by atoms with Crippen molar-refractivity contribution in [1.82, 2.24) is 4.90 Å². The first-order valence-corrected chi connectivity index (χ1v) is 9.44. The molecule has 1 fully saturated rings. The highest BCUT2D eigenvalue weighted by atomic mass is 19.3. The molecule has 1 aliphatic heterocycles. The maximum absolute atomic E-state index is 12.3. The largest absolute Gasteiger partial charge is 0.435 e. The number of hydrogen-bond donors (Lipinski definition) is 1. The first kappa shape index (κ1) is 21.0. The number of nitrogens with zero attached hydrogens (tertiary/aromatic N) is 2. The van der Waals surface area contributed by atoms with Crippen molar-refractivity contribution in [3.05, 3.63) is 54.1 Å². The van der Waals surface area contributed by atoms with Crippen LogP contribution >= 0.6 is 0 Å². The van der Waals surface area contributed by atoms with Gasteiger partial charge in [0.05, 0.1) is 19.8 Å². The van der Waals surface area contributed by atoms with Gasteiger partial charge < -0.3 is 19.7 Å². The van der Waals surface area contributed by atoms with E-state index in [0.29, 0.717) is 6.54 Å². The third-order valence-corrected chi connectivity index (χ3v) is 4.54. The van der Waals surface area contributed by atoms with Crippen molar-refractivity contribution in [1.29, 1.82) is 0 Å². The summed E-state index contributed by atoms with van der Waals surface area (Å²) >= 11 is 0. The second kappa shape index (κ2) is 10.2. The Bertz CT molecular complexity index is 779. The number of likely N-dealkylation sites (N-methyl/N-ethyl adjacent to an activating group) is 1. The van der Waals surface area contributed by atoms with Gasteiger partial charge in [-0.15, -0.1) is 0 Å². The molecule has 156 valence electrons. The Morgan fingerprint density at radius 1 is 1.14 bits per heavy atom. The van der Waals surface area contributed by atoms with Crippen molar-refractivity contribution in [3.63, 3.8) is 0 Å². The van der Waals surface area contributed by atoms with Crippen LogP contribution in [0.2, 0.25) is 0 Å². The van der Waals surface area contributed by atoms with E-state index in [-0.39, 0.29) is 18.2 Å². The lowest BCUT2D eigenvalue weighted by molar-refractivity contribution is -0.117. The molecule has 1 heterocycles. The van der Waals surface area contributed by atoms with Crippen molar-refractivity contribution >= 4 is 17.3 Å². The fourth-order valence-corrected chi connectivity index (χ4v) is 3.17. The summed E-state index contributed by atoms with van der Waals surface area (Å²) in [5, 5.41) is 2.89. The third-order valence-electron chi connectivity index (χ3n) is 4.54. The Labute approximate surface area is 169 Å². The van der Waals surface area contributed by atoms with Crippen LogP contribution in [0.1, 0.15) is 5.56 Å². The number of amides is 1. The molecular weight excluding hydrogens is 380 g/mol. The standard InChI is InChI=1S/C21H25F2N3O3/c1-25(14-16-2-8-19(9-3-16)29-21(22)23)15-20(27)24-17-4-6-18(7-5-17)26-10-12-28-13-11-26/h2-9,21H,10-15H2,1H3,(H,24,27). The quantitative estimate of drug-likeness (QED) is 0.731. The van der Waals surface area contributed by atoms with Crippen LogP contribution in [0.5, 0.6) is 5.75 Å². The topological polar surface area (TPSA) is 54.0 Å². The molecule has 6 nitrogen and oxygen atoms in total. The summed E-state index contributed by atoms with van der Waals surface area (Å²) in [6.07, 6.45) is 0. The first-order chi connectivity index (χ1) is 14.0. The van der Waals surface area contributed by atoms with E-state index in [4.69, 9.17) is 4.74 Å². The fraction of sp³-hybridized carbons (Fsp3) is 0.381. The highest BCUT2D eigenvalue weighted by Gasteiger charge is 2.12. The van der Waals surface area contributed by atoms with Gasteiger partial charge in [-0.05, 0) is 49.0 Å². The number of halogens is 2. The molecule has 0 spiro atoms. The molecule has 0 radical (unpaired) electrons. The normalized spacial score (nSPS) is 14.3. The third kappa shape index (κ3) is 6.69. The van der Waals surface area contributed by atoms with Crippen LogP contribution in [0, 0.1) is 0 Å². The predicted molar refractivity (Wildman–Crippen MR) is 108 cm³/mol. The van der Waals surface area contributed by atoms with E-state index in [1.807, 2.05) is 36.2 Å². The summed E-state index contributed by atoms with van der Waals surface area (Å²) in [6.45, 7) is 1.07. The molecule has 1 aliphatic rings. The van der Waals surface area contributed by atoms with Gasteiger partial charge in [0, 0.05) is 31.0 Å². The van der Waals surface area contributed by atoms with Gasteiger partial charge in [-0.1, -0.05) is 12.1 Å². The fourth-order valence-electron chi connectivity index (χ4n) is 3.17. The van der Waals surface area contributed by atoms with E-state index in [0.717, 1.165) is 43.2 Å². The molecule has 3 rings (SSSR count). The van der Waals surface area contributed by atoms with Gasteiger partial charge >= 0.3 is 6.61 Å². The number of hydrogen-bond acceptors (Lipinski definition) is 5. The molecule has 0 atom stereocenters. The van der Waals surface area contributed by atoms with E-state index in [9.17, 15) is 13.6 Å². The lowest BCUT2D eigenvalue weighted by Crippen LogP contribution is -2.36. The molecular formula is C21H25F2N3O3. The molecule has 2 aromatic carbocycles. The van der Waals surface area contributed by atoms with Gasteiger partial charge in [0.25, 0.3) is 0 Å². The lowest BCUT2D eigenvalue weighted by Gasteiger charge is -2.28. The smallest absolute Gasteiger partial charge is 0.387 e. The Kier molecular flexibility index (Phi) is 7.37. The minimum absolute atomic E-state index is 0.115. The van der Waals surface area contributed by atoms with Gasteiger partial charge in [0.15, 0.2) is 0 Å². The molecule has 1 saturated heterocycles. The summed E-state index contributed by atoms with van der Waals surface area (Å²) in [5.41, 5.74) is 2.76. The lowest BCUT2D eigenvalue weighted by atomic mass is 10.2. The zero-order valence-corrected chi connectivity index (χ0v) is 16.3. The number of rotatable bonds is 8. The highest BCUT2D eigenvalue weighted by Crippen LogP contribution is 2.19. The zero-order valence-electron chi connectivity index (χ0n) is 16.3. The van der Waals surface area contributed by atoms with E-state index < -0.39 is 6.61 Å². The molecule has 8 heteroatoms. The number of morpholine rings is 1. The zero-order chi connectivity index (χ0) is 20.6. The maximum Gasteiger partial charge on any atom is 0.387 e. The minimum Gasteiger partial charge on any atom is -0.435 e. The number of anilines is 2. The summed E-state index contributed by atoms with van der Waals surface area (Å²) in [5.74, 6) is -0.00560. The van der Waals surface area contributed by atoms with Crippen molar-refractivity contribution in [3.8, 4) is 5.75 Å². The molecule has 0 unspecified atom stereocenters. The molecule has 0 aromatic heterocycles. The summed E-state index contributed by atoms with van der Waals surface area (Å²) in [7, 11) is 1.82. The summed E-state index contributed by atoms with van der Waals surface area (Å²) in [4.78, 5) is 16.4. The van der Waals surface area contributed by atoms with Gasteiger partial charge in [-0.2, -0.15) is 8.78 Å². The number of carbonyl (C=O) groups excluding carboxylic acids is 1. The predicted octanol–water partition coefficient (Wildman–Crippen LogP) is 3.20. The number of nitrogens with one attached hydrogen (secondary N) is 1. The Morgan fingerprint density at radius 2 is 1.79 bits per heavy atom. The van der Waals surface area contributed by atoms with Crippen LogP contribution in [0.15, 0.2) is 48.5 Å². The van der Waals surface area contributed by atoms with Crippen LogP contribution < -0.4 is 15.0 Å². The Balaban J connectivity index is 1.45. The van der Waals surface area contributed by atoms with Crippen LogP contribution in [0.25, 0.3) is 0 Å². The second-order valence-electron chi connectivity index (χ2n) is 6.89. The van der Waals surface area contributed by atoms with Gasteiger partial charge in [-0.3, -0.25) is 9.69 Å². The van der Waals surface area contributed by atoms with Crippen LogP contribution in [0.3, 0.4) is 0 Å². The molecule has 29 heavy (non-hydrogen) atoms. The van der Waals surface area contributed by atoms with E-state index >= 15 is 0 Å². The Hall–Kier alpha value is -2.71. The summed E-state index contributed by atoms with van der Waals surface area (Å²) < 4.78 is 34.1. The molecule has 0 saturated carbocycles. The van der Waals surface area contributed by atoms with Crippen molar-refractivity contribution in [2.45, 2.75) is 13.2 Å². The second-order valence-corrected chi connectivity index (χ2v) is 6.89. The van der Waals surface area contributed by atoms with Crippen molar-refractivity contribution in [2.75, 3.05) is 50.1 Å². The molecule has 2 aromatic rings. The average Bonchev–Trinajstić information content (AvgIpc) is 2.70. The maximum atomic E-state index is 12.3. The van der Waals surface area contributed by atoms with E-state index in [1.54, 1.807) is 12.1 Å². The van der Waals surface area contributed by atoms with E-state index in [1.165, 1.54) is 12.1 Å². The number of alkyl halides is 2. The van der Waals surface area contributed by atoms with Crippen LogP contribution in [0.4, 0.5) is 20.2 Å². The Morgan fingerprint density at radius 3 is 2.41 bits per heavy atom. The van der Waals surface area contributed by atoms with Gasteiger partial charge in [0.1, 0.15) is 5.75 Å². The average molecular weight is 405 g/mol. The van der Waals surface area contributed by atoms with Gasteiger partial charge in [0.2, 0.25) is 5.91 Å². The molecule has 1 N–H and O–H groups in total. The number of benzene rings is 2. The van der Waals surface area contributed by atoms with Gasteiger partial charge in [-0.25, -0.2) is 0 Å². The monoisotopic (exact) mass is 405 g/mol. The highest BCUT2D eigenvalue weighted by molar-refractivity contribution is 5.92. The minimum atomic E-state index is -2.84. The molecule has 1 amide bonds. The van der Waals surface area contributed by atoms with Crippen molar-refractivity contribution < 1.29 is 23.0 Å². The molecule has 0 bridgehead atoms. The van der Waals surface area contributed by atoms with E-state index in [2.05, 4.69) is 15.0 Å². The summed E-state index contributed by atoms with van der Waals surface area (Å²) in [6, 6.07) is 14.2. The van der Waals surface area contributed by atoms with Crippen molar-refractivity contribution in [2.24, 2.45) is 0 Å². The van der Waals surface area contributed by atoms with Crippen LogP contribution in [-0.2, 0) is 16.1 Å². The number of ether oxygens (including phenoxy) is 2.